The Balaban J connectivity index is 1.82. The Hall–Kier alpha value is -2.11. The van der Waals surface area contributed by atoms with Crippen LogP contribution in [0.4, 0.5) is 5.69 Å². The number of hydrogen-bond donors (Lipinski definition) is 2. The van der Waals surface area contributed by atoms with Crippen LogP contribution in [0.15, 0.2) is 54.6 Å². The van der Waals surface area contributed by atoms with E-state index in [1.165, 1.54) is 0 Å². The topological polar surface area (TPSA) is 36.5 Å². The number of ether oxygens (including phenoxy) is 1. The Labute approximate surface area is 137 Å². The van der Waals surface area contributed by atoms with Crippen molar-refractivity contribution in [3.8, 4) is 11.5 Å². The molecule has 22 heavy (non-hydrogen) atoms. The molecular formula is C17H21N3OS. The largest absolute Gasteiger partial charge is 0.457 e. The van der Waals surface area contributed by atoms with Gasteiger partial charge in [0.05, 0.1) is 0 Å². The van der Waals surface area contributed by atoms with Crippen molar-refractivity contribution in [2.75, 3.05) is 32.5 Å². The summed E-state index contributed by atoms with van der Waals surface area (Å²) >= 11 is 5.25. The van der Waals surface area contributed by atoms with E-state index in [2.05, 4.69) is 15.5 Å². The fourth-order valence-corrected chi connectivity index (χ4v) is 2.02. The van der Waals surface area contributed by atoms with Crippen LogP contribution >= 0.6 is 12.2 Å². The predicted octanol–water partition coefficient (Wildman–Crippen LogP) is 3.33. The molecule has 0 heterocycles. The van der Waals surface area contributed by atoms with E-state index < -0.39 is 0 Å². The second-order valence-corrected chi connectivity index (χ2v) is 5.53. The number of likely N-dealkylation sites (N-methyl/N-ethyl adjacent to an activating group) is 1. The number of rotatable bonds is 6. The average Bonchev–Trinajstić information content (AvgIpc) is 2.50. The van der Waals surface area contributed by atoms with E-state index in [0.717, 1.165) is 30.3 Å². The highest BCUT2D eigenvalue weighted by Gasteiger charge is 2.00. The minimum absolute atomic E-state index is 0.624. The molecular weight excluding hydrogens is 294 g/mol. The molecule has 0 radical (unpaired) electrons. The molecule has 0 aliphatic heterocycles. The highest BCUT2D eigenvalue weighted by molar-refractivity contribution is 7.80. The number of hydrogen-bond acceptors (Lipinski definition) is 3. The highest BCUT2D eigenvalue weighted by atomic mass is 32.1. The Morgan fingerprint density at radius 1 is 1.00 bits per heavy atom. The van der Waals surface area contributed by atoms with Crippen LogP contribution in [0, 0.1) is 0 Å². The molecule has 5 heteroatoms. The van der Waals surface area contributed by atoms with Gasteiger partial charge < -0.3 is 20.3 Å². The van der Waals surface area contributed by atoms with Crippen LogP contribution in [-0.4, -0.2) is 37.2 Å². The summed E-state index contributed by atoms with van der Waals surface area (Å²) in [4.78, 5) is 2.10. The second-order valence-electron chi connectivity index (χ2n) is 5.12. The van der Waals surface area contributed by atoms with Gasteiger partial charge in [0, 0.05) is 18.8 Å². The lowest BCUT2D eigenvalue weighted by molar-refractivity contribution is 0.413. The van der Waals surface area contributed by atoms with E-state index in [9.17, 15) is 0 Å². The molecule has 0 amide bonds. The SMILES string of the molecule is CN(C)CCNC(=S)Nc1ccc(Oc2ccccc2)cc1. The standard InChI is InChI=1S/C17H21N3OS/c1-20(2)13-12-18-17(22)19-14-8-10-16(11-9-14)21-15-6-4-3-5-7-15/h3-11H,12-13H2,1-2H3,(H2,18,19,22). The van der Waals surface area contributed by atoms with E-state index in [4.69, 9.17) is 17.0 Å². The lowest BCUT2D eigenvalue weighted by atomic mass is 10.3. The maximum Gasteiger partial charge on any atom is 0.170 e. The normalized spacial score (nSPS) is 10.3. The van der Waals surface area contributed by atoms with Crippen molar-refractivity contribution in [2.24, 2.45) is 0 Å². The summed E-state index contributed by atoms with van der Waals surface area (Å²) < 4.78 is 5.75. The maximum atomic E-state index is 5.75. The molecule has 0 aromatic heterocycles. The third-order valence-corrected chi connectivity index (χ3v) is 3.18. The number of benzene rings is 2. The first-order valence-corrected chi connectivity index (χ1v) is 7.57. The summed E-state index contributed by atoms with van der Waals surface area (Å²) in [5.74, 6) is 1.62. The highest BCUT2D eigenvalue weighted by Crippen LogP contribution is 2.22. The minimum atomic E-state index is 0.624. The van der Waals surface area contributed by atoms with Crippen LogP contribution in [0.25, 0.3) is 0 Å². The van der Waals surface area contributed by atoms with Gasteiger partial charge in [0.1, 0.15) is 11.5 Å². The van der Waals surface area contributed by atoms with Crippen LogP contribution < -0.4 is 15.4 Å². The Morgan fingerprint density at radius 2 is 1.64 bits per heavy atom. The fraction of sp³-hybridized carbons (Fsp3) is 0.235. The zero-order valence-electron chi connectivity index (χ0n) is 12.9. The molecule has 0 aliphatic rings. The zero-order chi connectivity index (χ0) is 15.8. The molecule has 2 aromatic rings. The van der Waals surface area contributed by atoms with Gasteiger partial charge in [-0.25, -0.2) is 0 Å². The molecule has 0 spiro atoms. The van der Waals surface area contributed by atoms with E-state index >= 15 is 0 Å². The summed E-state index contributed by atoms with van der Waals surface area (Å²) in [6.45, 7) is 1.75. The molecule has 116 valence electrons. The third-order valence-electron chi connectivity index (χ3n) is 2.94. The van der Waals surface area contributed by atoms with Gasteiger partial charge in [0.25, 0.3) is 0 Å². The molecule has 0 atom stereocenters. The van der Waals surface area contributed by atoms with Gasteiger partial charge in [-0.2, -0.15) is 0 Å². The van der Waals surface area contributed by atoms with Gasteiger partial charge in [0.15, 0.2) is 5.11 Å². The summed E-state index contributed by atoms with van der Waals surface area (Å²) in [6, 6.07) is 17.4. The quantitative estimate of drug-likeness (QED) is 0.800. The predicted molar refractivity (Wildman–Crippen MR) is 95.7 cm³/mol. The Morgan fingerprint density at radius 3 is 2.27 bits per heavy atom. The molecule has 0 bridgehead atoms. The van der Waals surface area contributed by atoms with Gasteiger partial charge in [0.2, 0.25) is 0 Å². The van der Waals surface area contributed by atoms with Crippen molar-refractivity contribution in [3.63, 3.8) is 0 Å². The van der Waals surface area contributed by atoms with Crippen LogP contribution in [0.5, 0.6) is 11.5 Å². The van der Waals surface area contributed by atoms with Crippen molar-refractivity contribution >= 4 is 23.0 Å². The Kier molecular flexibility index (Phi) is 6.18. The lowest BCUT2D eigenvalue weighted by Crippen LogP contribution is -2.34. The molecule has 4 nitrogen and oxygen atoms in total. The van der Waals surface area contributed by atoms with E-state index in [-0.39, 0.29) is 0 Å². The molecule has 0 unspecified atom stereocenters. The van der Waals surface area contributed by atoms with Gasteiger partial charge in [-0.3, -0.25) is 0 Å². The van der Waals surface area contributed by atoms with Gasteiger partial charge in [-0.15, -0.1) is 0 Å². The van der Waals surface area contributed by atoms with Crippen molar-refractivity contribution in [1.82, 2.24) is 10.2 Å². The molecule has 2 aromatic carbocycles. The van der Waals surface area contributed by atoms with Crippen molar-refractivity contribution in [1.29, 1.82) is 0 Å². The van der Waals surface area contributed by atoms with Crippen molar-refractivity contribution in [2.45, 2.75) is 0 Å². The first kappa shape index (κ1) is 16.3. The van der Waals surface area contributed by atoms with Gasteiger partial charge in [-0.05, 0) is 62.7 Å². The number of nitrogens with zero attached hydrogens (tertiary/aromatic N) is 1. The molecule has 2 rings (SSSR count). The second kappa shape index (κ2) is 8.36. The minimum Gasteiger partial charge on any atom is -0.457 e. The van der Waals surface area contributed by atoms with Crippen LogP contribution in [-0.2, 0) is 0 Å². The van der Waals surface area contributed by atoms with Gasteiger partial charge >= 0.3 is 0 Å². The number of para-hydroxylation sites is 1. The average molecular weight is 315 g/mol. The Bertz CT molecular complexity index is 585. The van der Waals surface area contributed by atoms with Crippen molar-refractivity contribution < 1.29 is 4.74 Å². The zero-order valence-corrected chi connectivity index (χ0v) is 13.7. The number of nitrogens with one attached hydrogen (secondary N) is 2. The molecule has 0 saturated heterocycles. The molecule has 2 N–H and O–H groups in total. The first-order chi connectivity index (χ1) is 10.6. The molecule has 0 fully saturated rings. The lowest BCUT2D eigenvalue weighted by Gasteiger charge is -2.13. The summed E-state index contributed by atoms with van der Waals surface area (Å²) in [6.07, 6.45) is 0. The van der Waals surface area contributed by atoms with E-state index in [0.29, 0.717) is 5.11 Å². The smallest absolute Gasteiger partial charge is 0.170 e. The summed E-state index contributed by atoms with van der Waals surface area (Å²) in [7, 11) is 4.06. The van der Waals surface area contributed by atoms with Gasteiger partial charge in [-0.1, -0.05) is 18.2 Å². The fourth-order valence-electron chi connectivity index (χ4n) is 1.80. The molecule has 0 saturated carbocycles. The van der Waals surface area contributed by atoms with Crippen molar-refractivity contribution in [3.05, 3.63) is 54.6 Å². The van der Waals surface area contributed by atoms with Crippen LogP contribution in [0.3, 0.4) is 0 Å². The monoisotopic (exact) mass is 315 g/mol. The first-order valence-electron chi connectivity index (χ1n) is 7.16. The van der Waals surface area contributed by atoms with E-state index in [1.807, 2.05) is 68.7 Å². The summed E-state index contributed by atoms with van der Waals surface area (Å²) in [5.41, 5.74) is 0.933. The maximum absolute atomic E-state index is 5.75. The summed E-state index contributed by atoms with van der Waals surface area (Å²) in [5, 5.41) is 6.94. The molecule has 0 aliphatic carbocycles. The number of thiocarbonyl (C=S) groups is 1. The van der Waals surface area contributed by atoms with E-state index in [1.54, 1.807) is 0 Å². The third kappa shape index (κ3) is 5.71. The van der Waals surface area contributed by atoms with Crippen LogP contribution in [0.2, 0.25) is 0 Å². The van der Waals surface area contributed by atoms with Crippen LogP contribution in [0.1, 0.15) is 0 Å². The number of anilines is 1.